The van der Waals surface area contributed by atoms with Crippen LogP contribution in [0.3, 0.4) is 0 Å². The van der Waals surface area contributed by atoms with Gasteiger partial charge in [0.15, 0.2) is 0 Å². The van der Waals surface area contributed by atoms with Crippen molar-refractivity contribution < 1.29 is 4.79 Å². The number of carbonyl (C=O) groups is 1. The zero-order chi connectivity index (χ0) is 13.9. The lowest BCUT2D eigenvalue weighted by Crippen LogP contribution is -2.42. The monoisotopic (exact) mass is 275 g/mol. The SMILES string of the molecule is CNC1CCC(NC(=O)c2cccn2C2CCC2)CC1. The van der Waals surface area contributed by atoms with Crippen molar-refractivity contribution in [1.29, 1.82) is 0 Å². The van der Waals surface area contributed by atoms with Gasteiger partial charge in [-0.2, -0.15) is 0 Å². The fourth-order valence-corrected chi connectivity index (χ4v) is 3.36. The maximum absolute atomic E-state index is 12.4. The highest BCUT2D eigenvalue weighted by Crippen LogP contribution is 2.32. The normalized spacial score (nSPS) is 27.1. The van der Waals surface area contributed by atoms with Crippen LogP contribution in [0.5, 0.6) is 0 Å². The molecule has 4 heteroatoms. The molecule has 3 rings (SSSR count). The molecule has 0 aromatic carbocycles. The maximum atomic E-state index is 12.4. The second-order valence-electron chi connectivity index (χ2n) is 6.20. The summed E-state index contributed by atoms with van der Waals surface area (Å²) in [7, 11) is 2.02. The molecule has 2 aliphatic carbocycles. The van der Waals surface area contributed by atoms with Crippen molar-refractivity contribution in [3.63, 3.8) is 0 Å². The molecular formula is C16H25N3O. The van der Waals surface area contributed by atoms with E-state index in [4.69, 9.17) is 0 Å². The number of hydrogen-bond acceptors (Lipinski definition) is 2. The Labute approximate surface area is 120 Å². The Morgan fingerprint density at radius 3 is 2.45 bits per heavy atom. The second kappa shape index (κ2) is 6.00. The average molecular weight is 275 g/mol. The number of aromatic nitrogens is 1. The van der Waals surface area contributed by atoms with Gasteiger partial charge in [0.2, 0.25) is 0 Å². The van der Waals surface area contributed by atoms with E-state index < -0.39 is 0 Å². The summed E-state index contributed by atoms with van der Waals surface area (Å²) in [4.78, 5) is 12.4. The van der Waals surface area contributed by atoms with Crippen LogP contribution in [0.1, 0.15) is 61.5 Å². The van der Waals surface area contributed by atoms with Gasteiger partial charge in [0.05, 0.1) is 0 Å². The second-order valence-corrected chi connectivity index (χ2v) is 6.20. The number of amides is 1. The van der Waals surface area contributed by atoms with Gasteiger partial charge in [-0.3, -0.25) is 4.79 Å². The van der Waals surface area contributed by atoms with Crippen molar-refractivity contribution in [2.75, 3.05) is 7.05 Å². The molecule has 0 unspecified atom stereocenters. The Balaban J connectivity index is 1.58. The molecule has 4 nitrogen and oxygen atoms in total. The zero-order valence-corrected chi connectivity index (χ0v) is 12.3. The first kappa shape index (κ1) is 13.7. The summed E-state index contributed by atoms with van der Waals surface area (Å²) in [5.74, 6) is 0.106. The Hall–Kier alpha value is -1.29. The average Bonchev–Trinajstić information content (AvgIpc) is 2.86. The van der Waals surface area contributed by atoms with Gasteiger partial charge in [-0.1, -0.05) is 0 Å². The van der Waals surface area contributed by atoms with Gasteiger partial charge in [-0.05, 0) is 64.1 Å². The van der Waals surface area contributed by atoms with E-state index in [1.165, 1.54) is 19.3 Å². The lowest BCUT2D eigenvalue weighted by atomic mass is 9.91. The molecule has 2 fully saturated rings. The molecular weight excluding hydrogens is 250 g/mol. The van der Waals surface area contributed by atoms with Crippen LogP contribution in [0.15, 0.2) is 18.3 Å². The van der Waals surface area contributed by atoms with Crippen LogP contribution in [0, 0.1) is 0 Å². The van der Waals surface area contributed by atoms with Crippen LogP contribution >= 0.6 is 0 Å². The largest absolute Gasteiger partial charge is 0.348 e. The zero-order valence-electron chi connectivity index (χ0n) is 12.3. The molecule has 1 aromatic rings. The summed E-state index contributed by atoms with van der Waals surface area (Å²) in [6.07, 6.45) is 10.2. The van der Waals surface area contributed by atoms with Crippen LogP contribution in [0.4, 0.5) is 0 Å². The van der Waals surface area contributed by atoms with E-state index in [1.54, 1.807) is 0 Å². The minimum Gasteiger partial charge on any atom is -0.348 e. The van der Waals surface area contributed by atoms with Gasteiger partial charge in [0, 0.05) is 24.3 Å². The standard InChI is InChI=1S/C16H25N3O/c1-17-12-7-9-13(10-8-12)18-16(20)15-6-3-11-19(15)14-4-2-5-14/h3,6,11-14,17H,2,4-5,7-10H2,1H3,(H,18,20). The molecule has 20 heavy (non-hydrogen) atoms. The van der Waals surface area contributed by atoms with Crippen molar-refractivity contribution in [2.45, 2.75) is 63.1 Å². The third-order valence-electron chi connectivity index (χ3n) is 4.95. The summed E-state index contributed by atoms with van der Waals surface area (Å²) < 4.78 is 2.16. The Kier molecular flexibility index (Phi) is 4.10. The molecule has 1 amide bonds. The lowest BCUT2D eigenvalue weighted by molar-refractivity contribution is 0.0909. The predicted molar refractivity (Wildman–Crippen MR) is 79.9 cm³/mol. The fourth-order valence-electron chi connectivity index (χ4n) is 3.36. The highest BCUT2D eigenvalue weighted by molar-refractivity contribution is 5.93. The van der Waals surface area contributed by atoms with Crippen LogP contribution < -0.4 is 10.6 Å². The molecule has 0 atom stereocenters. The Morgan fingerprint density at radius 2 is 1.85 bits per heavy atom. The highest BCUT2D eigenvalue weighted by atomic mass is 16.2. The van der Waals surface area contributed by atoms with Gasteiger partial charge in [0.1, 0.15) is 5.69 Å². The molecule has 2 aliphatic rings. The van der Waals surface area contributed by atoms with Crippen LogP contribution in [0.2, 0.25) is 0 Å². The molecule has 2 N–H and O–H groups in total. The first-order valence-corrected chi connectivity index (χ1v) is 7.93. The number of carbonyl (C=O) groups excluding carboxylic acids is 1. The topological polar surface area (TPSA) is 46.1 Å². The number of nitrogens with one attached hydrogen (secondary N) is 2. The van der Waals surface area contributed by atoms with Crippen molar-refractivity contribution in [3.8, 4) is 0 Å². The molecule has 0 spiro atoms. The predicted octanol–water partition coefficient (Wildman–Crippen LogP) is 2.47. The van der Waals surface area contributed by atoms with Crippen molar-refractivity contribution in [1.82, 2.24) is 15.2 Å². The highest BCUT2D eigenvalue weighted by Gasteiger charge is 2.25. The Morgan fingerprint density at radius 1 is 1.15 bits per heavy atom. The van der Waals surface area contributed by atoms with E-state index in [-0.39, 0.29) is 5.91 Å². The van der Waals surface area contributed by atoms with E-state index in [2.05, 4.69) is 21.4 Å². The van der Waals surface area contributed by atoms with E-state index in [0.717, 1.165) is 31.4 Å². The summed E-state index contributed by atoms with van der Waals surface area (Å²) in [6, 6.07) is 5.46. The third-order valence-corrected chi connectivity index (χ3v) is 4.95. The van der Waals surface area contributed by atoms with Crippen molar-refractivity contribution in [2.24, 2.45) is 0 Å². The minimum atomic E-state index is 0.106. The van der Waals surface area contributed by atoms with Gasteiger partial charge >= 0.3 is 0 Å². The molecule has 0 aliphatic heterocycles. The van der Waals surface area contributed by atoms with Crippen molar-refractivity contribution in [3.05, 3.63) is 24.0 Å². The quantitative estimate of drug-likeness (QED) is 0.886. The third kappa shape index (κ3) is 2.75. The van der Waals surface area contributed by atoms with E-state index >= 15 is 0 Å². The minimum absolute atomic E-state index is 0.106. The molecule has 2 saturated carbocycles. The molecule has 1 aromatic heterocycles. The molecule has 0 saturated heterocycles. The van der Waals surface area contributed by atoms with Crippen LogP contribution in [-0.2, 0) is 0 Å². The summed E-state index contributed by atoms with van der Waals surface area (Å²) in [5, 5.41) is 6.55. The van der Waals surface area contributed by atoms with Crippen LogP contribution in [0.25, 0.3) is 0 Å². The summed E-state index contributed by atoms with van der Waals surface area (Å²) in [6.45, 7) is 0. The van der Waals surface area contributed by atoms with E-state index in [0.29, 0.717) is 18.1 Å². The van der Waals surface area contributed by atoms with E-state index in [1.807, 2.05) is 19.2 Å². The Bertz CT molecular complexity index is 456. The van der Waals surface area contributed by atoms with Crippen molar-refractivity contribution >= 4 is 5.91 Å². The summed E-state index contributed by atoms with van der Waals surface area (Å²) >= 11 is 0. The molecule has 110 valence electrons. The van der Waals surface area contributed by atoms with Gasteiger partial charge < -0.3 is 15.2 Å². The van der Waals surface area contributed by atoms with Gasteiger partial charge in [0.25, 0.3) is 5.91 Å². The van der Waals surface area contributed by atoms with Gasteiger partial charge in [-0.15, -0.1) is 0 Å². The first-order valence-electron chi connectivity index (χ1n) is 7.93. The number of hydrogen-bond donors (Lipinski definition) is 2. The summed E-state index contributed by atoms with van der Waals surface area (Å²) in [5.41, 5.74) is 0.838. The molecule has 1 heterocycles. The number of nitrogens with zero attached hydrogens (tertiary/aromatic N) is 1. The lowest BCUT2D eigenvalue weighted by Gasteiger charge is -2.31. The number of rotatable bonds is 4. The maximum Gasteiger partial charge on any atom is 0.268 e. The first-order chi connectivity index (χ1) is 9.78. The molecule has 0 bridgehead atoms. The molecule has 0 radical (unpaired) electrons. The van der Waals surface area contributed by atoms with Gasteiger partial charge in [-0.25, -0.2) is 0 Å². The smallest absolute Gasteiger partial charge is 0.268 e. The van der Waals surface area contributed by atoms with Crippen LogP contribution in [-0.4, -0.2) is 29.6 Å². The van der Waals surface area contributed by atoms with E-state index in [9.17, 15) is 4.79 Å². The fraction of sp³-hybridized carbons (Fsp3) is 0.688.